The van der Waals surface area contributed by atoms with E-state index in [-0.39, 0.29) is 11.6 Å². The number of nitrogens with one attached hydrogen (secondary N) is 1. The smallest absolute Gasteiger partial charge is 0.162 e. The van der Waals surface area contributed by atoms with Gasteiger partial charge in [-0.25, -0.2) is 4.39 Å². The second-order valence-electron chi connectivity index (χ2n) is 6.94. The predicted molar refractivity (Wildman–Crippen MR) is 77.4 cm³/mol. The summed E-state index contributed by atoms with van der Waals surface area (Å²) in [5, 5.41) is 12.5. The van der Waals surface area contributed by atoms with Crippen LogP contribution in [-0.4, -0.2) is 32.0 Å². The van der Waals surface area contributed by atoms with Gasteiger partial charge >= 0.3 is 0 Å². The Morgan fingerprint density at radius 1 is 1.30 bits per heavy atom. The molecule has 1 saturated heterocycles. The summed E-state index contributed by atoms with van der Waals surface area (Å²) < 4.78 is 16.9. The van der Waals surface area contributed by atoms with Crippen molar-refractivity contribution in [3.05, 3.63) is 24.5 Å². The van der Waals surface area contributed by atoms with Crippen LogP contribution in [0.25, 0.3) is 11.0 Å². The molecule has 0 spiro atoms. The average molecular weight is 276 g/mol. The zero-order valence-corrected chi connectivity index (χ0v) is 12.4. The second-order valence-corrected chi connectivity index (χ2v) is 6.94. The molecule has 0 unspecified atom stereocenters. The number of fused-ring (bicyclic) bond motifs is 1. The van der Waals surface area contributed by atoms with E-state index in [2.05, 4.69) is 29.4 Å². The number of nitrogens with zero attached hydrogens (tertiary/aromatic N) is 3. The van der Waals surface area contributed by atoms with Crippen LogP contribution in [0.1, 0.15) is 40.2 Å². The first-order valence-corrected chi connectivity index (χ1v) is 7.02. The van der Waals surface area contributed by atoms with Gasteiger partial charge in [0.15, 0.2) is 5.65 Å². The topological polar surface area (TPSA) is 42.7 Å². The lowest BCUT2D eigenvalue weighted by Gasteiger charge is -2.49. The molecular weight excluding hydrogens is 255 g/mol. The van der Waals surface area contributed by atoms with E-state index in [1.807, 2.05) is 36.7 Å². The second kappa shape index (κ2) is 4.25. The molecule has 0 bridgehead atoms. The van der Waals surface area contributed by atoms with Crippen molar-refractivity contribution >= 4 is 11.0 Å². The van der Waals surface area contributed by atoms with E-state index in [9.17, 15) is 4.39 Å². The molecule has 0 radical (unpaired) electrons. The van der Waals surface area contributed by atoms with Crippen LogP contribution in [0.5, 0.6) is 0 Å². The Morgan fingerprint density at radius 3 is 2.80 bits per heavy atom. The average Bonchev–Trinajstić information content (AvgIpc) is 2.76. The van der Waals surface area contributed by atoms with Gasteiger partial charge in [-0.1, -0.05) is 0 Å². The maximum atomic E-state index is 14.9. The maximum absolute atomic E-state index is 14.9. The quantitative estimate of drug-likeness (QED) is 0.871. The van der Waals surface area contributed by atoms with Crippen molar-refractivity contribution in [2.24, 2.45) is 0 Å². The van der Waals surface area contributed by atoms with Gasteiger partial charge < -0.3 is 9.88 Å². The van der Waals surface area contributed by atoms with Gasteiger partial charge in [-0.3, -0.25) is 0 Å². The van der Waals surface area contributed by atoms with Gasteiger partial charge in [0, 0.05) is 22.7 Å². The third kappa shape index (κ3) is 2.10. The summed E-state index contributed by atoms with van der Waals surface area (Å²) in [5.41, 5.74) is 0.0782. The zero-order chi connectivity index (χ0) is 14.5. The molecule has 2 aromatic heterocycles. The Labute approximate surface area is 118 Å². The predicted octanol–water partition coefficient (Wildman–Crippen LogP) is 2.86. The molecule has 20 heavy (non-hydrogen) atoms. The fourth-order valence-corrected chi connectivity index (χ4v) is 3.50. The van der Waals surface area contributed by atoms with E-state index in [0.29, 0.717) is 0 Å². The van der Waals surface area contributed by atoms with Crippen molar-refractivity contribution in [3.8, 4) is 0 Å². The third-order valence-electron chi connectivity index (χ3n) is 4.16. The Hall–Kier alpha value is -1.49. The van der Waals surface area contributed by atoms with Crippen molar-refractivity contribution in [3.63, 3.8) is 0 Å². The fraction of sp³-hybridized carbons (Fsp3) is 0.600. The fourth-order valence-electron chi connectivity index (χ4n) is 3.50. The molecule has 0 aliphatic carbocycles. The number of hydrogen-bond donors (Lipinski definition) is 1. The van der Waals surface area contributed by atoms with Gasteiger partial charge in [0.25, 0.3) is 0 Å². The SMILES string of the molecule is CC1(C)C[C@@H](n2ccc3ccnnc32)[C@@H](F)C(C)(C)N1. The lowest BCUT2D eigenvalue weighted by Crippen LogP contribution is -2.64. The van der Waals surface area contributed by atoms with Crippen LogP contribution < -0.4 is 5.32 Å². The molecule has 1 aliphatic rings. The summed E-state index contributed by atoms with van der Waals surface area (Å²) in [6, 6.07) is 3.65. The van der Waals surface area contributed by atoms with Gasteiger partial charge in [-0.05, 0) is 46.2 Å². The van der Waals surface area contributed by atoms with Crippen LogP contribution >= 0.6 is 0 Å². The highest BCUT2D eigenvalue weighted by Crippen LogP contribution is 2.39. The molecule has 1 aliphatic heterocycles. The van der Waals surface area contributed by atoms with Crippen LogP contribution in [0.3, 0.4) is 0 Å². The molecule has 2 atom stereocenters. The number of hydrogen-bond acceptors (Lipinski definition) is 3. The van der Waals surface area contributed by atoms with E-state index in [4.69, 9.17) is 0 Å². The Balaban J connectivity index is 2.08. The lowest BCUT2D eigenvalue weighted by molar-refractivity contribution is 0.0313. The van der Waals surface area contributed by atoms with Crippen molar-refractivity contribution < 1.29 is 4.39 Å². The standard InChI is InChI=1S/C15H21FN4/c1-14(2)9-11(12(16)15(3,4)19-14)20-8-6-10-5-7-17-18-13(10)20/h5-8,11-12,19H,9H2,1-4H3/t11-,12-/m1/s1. The van der Waals surface area contributed by atoms with Gasteiger partial charge in [0.05, 0.1) is 12.2 Å². The lowest BCUT2D eigenvalue weighted by atomic mass is 9.78. The van der Waals surface area contributed by atoms with Crippen molar-refractivity contribution in [2.75, 3.05) is 0 Å². The summed E-state index contributed by atoms with van der Waals surface area (Å²) in [6.07, 6.45) is 3.33. The van der Waals surface area contributed by atoms with Crippen LogP contribution in [0.4, 0.5) is 4.39 Å². The molecule has 2 aromatic rings. The minimum Gasteiger partial charge on any atom is -0.325 e. The Morgan fingerprint density at radius 2 is 2.05 bits per heavy atom. The molecular formula is C15H21FN4. The number of aromatic nitrogens is 3. The summed E-state index contributed by atoms with van der Waals surface area (Å²) in [6.45, 7) is 8.07. The minimum atomic E-state index is -0.979. The molecule has 0 aromatic carbocycles. The Kier molecular flexibility index (Phi) is 2.87. The molecule has 1 fully saturated rings. The molecule has 3 rings (SSSR count). The number of piperidine rings is 1. The molecule has 108 valence electrons. The van der Waals surface area contributed by atoms with Crippen LogP contribution in [0, 0.1) is 0 Å². The first-order chi connectivity index (χ1) is 9.30. The van der Waals surface area contributed by atoms with Crippen molar-refractivity contribution in [1.29, 1.82) is 0 Å². The maximum Gasteiger partial charge on any atom is 0.162 e. The number of alkyl halides is 1. The van der Waals surface area contributed by atoms with E-state index in [1.165, 1.54) is 0 Å². The molecule has 0 saturated carbocycles. The summed E-state index contributed by atoms with van der Waals surface area (Å²) in [7, 11) is 0. The molecule has 4 nitrogen and oxygen atoms in total. The minimum absolute atomic E-state index is 0.116. The molecule has 0 amide bonds. The van der Waals surface area contributed by atoms with Gasteiger partial charge in [0.1, 0.15) is 6.17 Å². The van der Waals surface area contributed by atoms with Crippen LogP contribution in [0.15, 0.2) is 24.5 Å². The Bertz CT molecular complexity index is 632. The van der Waals surface area contributed by atoms with Crippen molar-refractivity contribution in [2.45, 2.75) is 57.4 Å². The largest absolute Gasteiger partial charge is 0.325 e. The number of rotatable bonds is 1. The van der Waals surface area contributed by atoms with Gasteiger partial charge in [-0.2, -0.15) is 5.10 Å². The van der Waals surface area contributed by atoms with Gasteiger partial charge in [-0.15, -0.1) is 5.10 Å². The normalized spacial score (nSPS) is 28.6. The van der Waals surface area contributed by atoms with E-state index < -0.39 is 11.7 Å². The summed E-state index contributed by atoms with van der Waals surface area (Å²) in [5.74, 6) is 0. The summed E-state index contributed by atoms with van der Waals surface area (Å²) >= 11 is 0. The van der Waals surface area contributed by atoms with Crippen LogP contribution in [-0.2, 0) is 0 Å². The van der Waals surface area contributed by atoms with Crippen LogP contribution in [0.2, 0.25) is 0 Å². The van der Waals surface area contributed by atoms with Crippen molar-refractivity contribution in [1.82, 2.24) is 20.1 Å². The first kappa shape index (κ1) is 13.5. The summed E-state index contributed by atoms with van der Waals surface area (Å²) in [4.78, 5) is 0. The molecule has 3 heterocycles. The highest BCUT2D eigenvalue weighted by atomic mass is 19.1. The third-order valence-corrected chi connectivity index (χ3v) is 4.16. The van der Waals surface area contributed by atoms with E-state index in [0.717, 1.165) is 17.5 Å². The van der Waals surface area contributed by atoms with E-state index in [1.54, 1.807) is 6.20 Å². The van der Waals surface area contributed by atoms with E-state index >= 15 is 0 Å². The first-order valence-electron chi connectivity index (χ1n) is 7.02. The van der Waals surface area contributed by atoms with Gasteiger partial charge in [0.2, 0.25) is 0 Å². The highest BCUT2D eigenvalue weighted by Gasteiger charge is 2.47. The highest BCUT2D eigenvalue weighted by molar-refractivity contribution is 5.75. The molecule has 5 heteroatoms. The monoisotopic (exact) mass is 276 g/mol. The molecule has 1 N–H and O–H groups in total. The number of halogens is 1. The zero-order valence-electron chi connectivity index (χ0n) is 12.4.